The van der Waals surface area contributed by atoms with Crippen LogP contribution in [0.4, 0.5) is 0 Å². The molecule has 0 bridgehead atoms. The third-order valence-corrected chi connectivity index (χ3v) is 4.65. The molecule has 120 valence electrons. The molecule has 0 spiro atoms. The van der Waals surface area contributed by atoms with E-state index >= 15 is 0 Å². The first-order valence-electron chi connectivity index (χ1n) is 7.72. The first-order valence-corrected chi connectivity index (χ1v) is 8.53. The topological polar surface area (TPSA) is 92.1 Å². The monoisotopic (exact) mass is 336 g/mol. The fraction of sp³-hybridized carbons (Fsp3) is 0.222. The van der Waals surface area contributed by atoms with Crippen molar-refractivity contribution in [2.24, 2.45) is 10.7 Å². The van der Waals surface area contributed by atoms with Crippen molar-refractivity contribution in [3.8, 4) is 6.07 Å². The number of aromatic nitrogens is 1. The Hall–Kier alpha value is -2.65. The molecule has 0 atom stereocenters. The second-order valence-corrected chi connectivity index (χ2v) is 6.57. The van der Waals surface area contributed by atoms with Crippen molar-refractivity contribution in [2.75, 3.05) is 0 Å². The SMILES string of the molecule is CCCCc1c(C#N)cnc2ccc(C=C3SC(N)=NC3=O)cc12. The van der Waals surface area contributed by atoms with Gasteiger partial charge < -0.3 is 5.73 Å². The molecule has 1 amide bonds. The largest absolute Gasteiger partial charge is 0.378 e. The van der Waals surface area contributed by atoms with Crippen molar-refractivity contribution in [1.82, 2.24) is 4.98 Å². The summed E-state index contributed by atoms with van der Waals surface area (Å²) in [6.45, 7) is 2.12. The number of nitriles is 1. The molecule has 0 fully saturated rings. The maximum Gasteiger partial charge on any atom is 0.286 e. The minimum atomic E-state index is -0.312. The van der Waals surface area contributed by atoms with E-state index in [1.807, 2.05) is 18.2 Å². The minimum Gasteiger partial charge on any atom is -0.378 e. The van der Waals surface area contributed by atoms with Gasteiger partial charge in [0.2, 0.25) is 0 Å². The lowest BCUT2D eigenvalue weighted by Gasteiger charge is -2.09. The van der Waals surface area contributed by atoms with Gasteiger partial charge in [0.25, 0.3) is 5.91 Å². The van der Waals surface area contributed by atoms with Gasteiger partial charge in [-0.1, -0.05) is 19.4 Å². The van der Waals surface area contributed by atoms with Gasteiger partial charge in [0.05, 0.1) is 16.0 Å². The molecular formula is C18H16N4OS. The van der Waals surface area contributed by atoms with E-state index in [0.29, 0.717) is 10.5 Å². The maximum absolute atomic E-state index is 11.7. The minimum absolute atomic E-state index is 0.268. The van der Waals surface area contributed by atoms with Crippen molar-refractivity contribution in [2.45, 2.75) is 26.2 Å². The Balaban J connectivity index is 2.08. The molecule has 2 heterocycles. The number of nitrogens with zero attached hydrogens (tertiary/aromatic N) is 3. The zero-order chi connectivity index (χ0) is 17.1. The summed E-state index contributed by atoms with van der Waals surface area (Å²) in [7, 11) is 0. The Morgan fingerprint density at radius 3 is 2.92 bits per heavy atom. The van der Waals surface area contributed by atoms with Crippen molar-refractivity contribution in [1.29, 1.82) is 5.26 Å². The number of amides is 1. The van der Waals surface area contributed by atoms with E-state index in [1.165, 1.54) is 11.8 Å². The molecule has 2 aromatic rings. The van der Waals surface area contributed by atoms with Crippen LogP contribution in [0.5, 0.6) is 0 Å². The predicted octanol–water partition coefficient (Wildman–Crippen LogP) is 3.38. The van der Waals surface area contributed by atoms with E-state index in [9.17, 15) is 10.1 Å². The summed E-state index contributed by atoms with van der Waals surface area (Å²) < 4.78 is 0. The summed E-state index contributed by atoms with van der Waals surface area (Å²) >= 11 is 1.17. The summed E-state index contributed by atoms with van der Waals surface area (Å²) in [4.78, 5) is 20.3. The lowest BCUT2D eigenvalue weighted by atomic mass is 9.97. The number of rotatable bonds is 4. The highest BCUT2D eigenvalue weighted by molar-refractivity contribution is 8.18. The molecule has 3 rings (SSSR count). The summed E-state index contributed by atoms with van der Waals surface area (Å²) in [6, 6.07) is 8.02. The summed E-state index contributed by atoms with van der Waals surface area (Å²) in [5, 5.41) is 10.6. The van der Waals surface area contributed by atoms with E-state index in [1.54, 1.807) is 12.3 Å². The van der Waals surface area contributed by atoms with Gasteiger partial charge in [-0.25, -0.2) is 0 Å². The van der Waals surface area contributed by atoms with Gasteiger partial charge in [-0.3, -0.25) is 9.78 Å². The number of aliphatic imine (C=N–C) groups is 1. The first kappa shape index (κ1) is 16.2. The number of carbonyl (C=O) groups excluding carboxylic acids is 1. The molecule has 1 aromatic carbocycles. The lowest BCUT2D eigenvalue weighted by Crippen LogP contribution is -2.01. The number of thioether (sulfide) groups is 1. The molecule has 0 saturated carbocycles. The van der Waals surface area contributed by atoms with Gasteiger partial charge in [-0.05, 0) is 53.9 Å². The maximum atomic E-state index is 11.7. The van der Waals surface area contributed by atoms with E-state index in [2.05, 4.69) is 23.0 Å². The molecule has 6 heteroatoms. The summed E-state index contributed by atoms with van der Waals surface area (Å²) in [5.74, 6) is -0.312. The standard InChI is InChI=1S/C18H16N4OS/c1-2-3-4-13-12(9-19)10-21-15-6-5-11(7-14(13)15)8-16-17(23)22-18(20)24-16/h5-8,10H,2-4H2,1H3,(H2,20,22,23). The van der Waals surface area contributed by atoms with Crippen LogP contribution >= 0.6 is 11.8 Å². The molecule has 1 aromatic heterocycles. The molecule has 1 aliphatic heterocycles. The third-order valence-electron chi connectivity index (χ3n) is 3.84. The van der Waals surface area contributed by atoms with Gasteiger partial charge in [-0.15, -0.1) is 0 Å². The number of unbranched alkanes of at least 4 members (excludes halogenated alkanes) is 1. The van der Waals surface area contributed by atoms with Crippen molar-refractivity contribution in [3.05, 3.63) is 46.0 Å². The number of amidine groups is 1. The normalized spacial score (nSPS) is 15.8. The molecule has 1 aliphatic rings. The van der Waals surface area contributed by atoms with Gasteiger partial charge in [0.15, 0.2) is 5.17 Å². The molecule has 0 saturated heterocycles. The molecule has 0 unspecified atom stereocenters. The Kier molecular flexibility index (Phi) is 4.63. The number of hydrogen-bond donors (Lipinski definition) is 1. The Bertz CT molecular complexity index is 924. The molecule has 0 aliphatic carbocycles. The number of hydrogen-bond acceptors (Lipinski definition) is 5. The average molecular weight is 336 g/mol. The number of benzene rings is 1. The lowest BCUT2D eigenvalue weighted by molar-refractivity contribution is -0.113. The van der Waals surface area contributed by atoms with Crippen molar-refractivity contribution < 1.29 is 4.79 Å². The summed E-state index contributed by atoms with van der Waals surface area (Å²) in [5.41, 5.74) is 8.94. The number of fused-ring (bicyclic) bond motifs is 1. The third kappa shape index (κ3) is 3.17. The molecule has 5 nitrogen and oxygen atoms in total. The van der Waals surface area contributed by atoms with Crippen LogP contribution in [0.2, 0.25) is 0 Å². The van der Waals surface area contributed by atoms with E-state index in [-0.39, 0.29) is 11.1 Å². The molecule has 24 heavy (non-hydrogen) atoms. The summed E-state index contributed by atoms with van der Waals surface area (Å²) in [6.07, 6.45) is 6.31. The number of nitrogens with two attached hydrogens (primary N) is 1. The van der Waals surface area contributed by atoms with Crippen molar-refractivity contribution in [3.63, 3.8) is 0 Å². The van der Waals surface area contributed by atoms with Crippen LogP contribution in [0.1, 0.15) is 36.5 Å². The fourth-order valence-electron chi connectivity index (χ4n) is 2.65. The van der Waals surface area contributed by atoms with Crippen LogP contribution in [0.15, 0.2) is 34.3 Å². The average Bonchev–Trinajstić information content (AvgIpc) is 2.89. The fourth-order valence-corrected chi connectivity index (χ4v) is 3.33. The first-order chi connectivity index (χ1) is 11.6. The zero-order valence-electron chi connectivity index (χ0n) is 13.2. The van der Waals surface area contributed by atoms with Crippen LogP contribution in [0.25, 0.3) is 17.0 Å². The van der Waals surface area contributed by atoms with Crippen LogP contribution < -0.4 is 5.73 Å². The zero-order valence-corrected chi connectivity index (χ0v) is 14.1. The van der Waals surface area contributed by atoms with Crippen LogP contribution in [0, 0.1) is 11.3 Å². The number of carbonyl (C=O) groups is 1. The van der Waals surface area contributed by atoms with Crippen LogP contribution in [-0.2, 0) is 11.2 Å². The van der Waals surface area contributed by atoms with Gasteiger partial charge >= 0.3 is 0 Å². The van der Waals surface area contributed by atoms with Crippen LogP contribution in [0.3, 0.4) is 0 Å². The van der Waals surface area contributed by atoms with E-state index < -0.39 is 0 Å². The Labute approximate surface area is 144 Å². The Morgan fingerprint density at radius 1 is 1.42 bits per heavy atom. The Morgan fingerprint density at radius 2 is 2.25 bits per heavy atom. The highest BCUT2D eigenvalue weighted by Crippen LogP contribution is 2.29. The van der Waals surface area contributed by atoms with Gasteiger partial charge in [0.1, 0.15) is 6.07 Å². The van der Waals surface area contributed by atoms with E-state index in [4.69, 9.17) is 5.73 Å². The second kappa shape index (κ2) is 6.85. The van der Waals surface area contributed by atoms with Gasteiger partial charge in [0, 0.05) is 11.6 Å². The molecule has 2 N–H and O–H groups in total. The van der Waals surface area contributed by atoms with Crippen LogP contribution in [-0.4, -0.2) is 16.1 Å². The van der Waals surface area contributed by atoms with Crippen molar-refractivity contribution >= 4 is 39.8 Å². The highest BCUT2D eigenvalue weighted by Gasteiger charge is 2.19. The molecule has 0 radical (unpaired) electrons. The molecular weight excluding hydrogens is 320 g/mol. The van der Waals surface area contributed by atoms with E-state index in [0.717, 1.165) is 41.3 Å². The quantitative estimate of drug-likeness (QED) is 0.864. The second-order valence-electron chi connectivity index (χ2n) is 5.51. The number of pyridine rings is 1. The number of aryl methyl sites for hydroxylation is 1. The smallest absolute Gasteiger partial charge is 0.286 e. The predicted molar refractivity (Wildman–Crippen MR) is 97.3 cm³/mol. The van der Waals surface area contributed by atoms with Gasteiger partial charge in [-0.2, -0.15) is 10.3 Å². The highest BCUT2D eigenvalue weighted by atomic mass is 32.2.